The van der Waals surface area contributed by atoms with E-state index >= 15 is 0 Å². The van der Waals surface area contributed by atoms with Crippen LogP contribution < -0.4 is 11.1 Å². The van der Waals surface area contributed by atoms with Gasteiger partial charge in [-0.05, 0) is 17.7 Å². The number of hydrogen-bond acceptors (Lipinski definition) is 3. The minimum Gasteiger partial charge on any atom is -0.329 e. The maximum absolute atomic E-state index is 12.7. The smallest absolute Gasteiger partial charge is 0.234 e. The molecule has 0 bridgehead atoms. The minimum absolute atomic E-state index is 0.192. The van der Waals surface area contributed by atoms with Gasteiger partial charge in [0.25, 0.3) is 0 Å². The largest absolute Gasteiger partial charge is 0.329 e. The molecule has 1 aromatic heterocycles. The highest BCUT2D eigenvalue weighted by atomic mass is 19.1. The van der Waals surface area contributed by atoms with Crippen LogP contribution in [0, 0.1) is 5.82 Å². The van der Waals surface area contributed by atoms with Gasteiger partial charge in [0.1, 0.15) is 11.6 Å². The summed E-state index contributed by atoms with van der Waals surface area (Å²) in [5.74, 6) is -0.849. The summed E-state index contributed by atoms with van der Waals surface area (Å²) in [5.41, 5.74) is 6.48. The summed E-state index contributed by atoms with van der Waals surface area (Å²) < 4.78 is 12.7. The fourth-order valence-electron chi connectivity index (χ4n) is 1.74. The van der Waals surface area contributed by atoms with E-state index in [9.17, 15) is 9.18 Å². The zero-order chi connectivity index (χ0) is 13.7. The van der Waals surface area contributed by atoms with Gasteiger partial charge in [0.05, 0.1) is 12.1 Å². The number of carbonyl (C=O) groups excluding carboxylic acids is 1. The van der Waals surface area contributed by atoms with Crippen molar-refractivity contribution in [2.45, 2.75) is 5.92 Å². The zero-order valence-corrected chi connectivity index (χ0v) is 10.2. The molecule has 3 N–H and O–H groups in total. The first kappa shape index (κ1) is 13.2. The third-order valence-electron chi connectivity index (χ3n) is 2.73. The van der Waals surface area contributed by atoms with E-state index in [1.165, 1.54) is 12.1 Å². The first-order chi connectivity index (χ1) is 9.20. The number of benzene rings is 1. The standard InChI is InChI=1S/C14H14FN3O/c15-11-6-7-13(17-9-11)18-14(19)12(8-16)10-4-2-1-3-5-10/h1-7,9,12H,8,16H2,(H,17,18,19). The summed E-state index contributed by atoms with van der Waals surface area (Å²) in [7, 11) is 0. The molecule has 2 aromatic rings. The Morgan fingerprint density at radius 1 is 1.26 bits per heavy atom. The molecule has 0 aliphatic rings. The van der Waals surface area contributed by atoms with Crippen LogP contribution in [0.3, 0.4) is 0 Å². The van der Waals surface area contributed by atoms with Crippen molar-refractivity contribution in [1.82, 2.24) is 4.98 Å². The van der Waals surface area contributed by atoms with Crippen molar-refractivity contribution in [2.75, 3.05) is 11.9 Å². The van der Waals surface area contributed by atoms with Gasteiger partial charge in [-0.15, -0.1) is 0 Å². The second-order valence-electron chi connectivity index (χ2n) is 4.05. The summed E-state index contributed by atoms with van der Waals surface area (Å²) in [6.07, 6.45) is 1.05. The lowest BCUT2D eigenvalue weighted by molar-refractivity contribution is -0.117. The summed E-state index contributed by atoms with van der Waals surface area (Å²) in [6.45, 7) is 0.192. The molecule has 0 radical (unpaired) electrons. The van der Waals surface area contributed by atoms with Crippen LogP contribution in [0.1, 0.15) is 11.5 Å². The molecule has 2 rings (SSSR count). The van der Waals surface area contributed by atoms with E-state index < -0.39 is 11.7 Å². The molecule has 98 valence electrons. The summed E-state index contributed by atoms with van der Waals surface area (Å²) >= 11 is 0. The Labute approximate surface area is 110 Å². The summed E-state index contributed by atoms with van der Waals surface area (Å²) in [4.78, 5) is 15.9. The summed E-state index contributed by atoms with van der Waals surface area (Å²) in [5, 5.41) is 2.62. The van der Waals surface area contributed by atoms with Crippen LogP contribution in [0.4, 0.5) is 10.2 Å². The van der Waals surface area contributed by atoms with Crippen LogP contribution in [0.2, 0.25) is 0 Å². The SMILES string of the molecule is NCC(C(=O)Nc1ccc(F)cn1)c1ccccc1. The maximum atomic E-state index is 12.7. The highest BCUT2D eigenvalue weighted by Gasteiger charge is 2.19. The lowest BCUT2D eigenvalue weighted by atomic mass is 9.98. The molecule has 0 fully saturated rings. The fraction of sp³-hybridized carbons (Fsp3) is 0.143. The second-order valence-corrected chi connectivity index (χ2v) is 4.05. The Bertz CT molecular complexity index is 542. The van der Waals surface area contributed by atoms with Gasteiger partial charge in [-0.3, -0.25) is 4.79 Å². The number of halogens is 1. The van der Waals surface area contributed by atoms with Crippen LogP contribution in [0.15, 0.2) is 48.7 Å². The molecule has 5 heteroatoms. The topological polar surface area (TPSA) is 68.0 Å². The Kier molecular flexibility index (Phi) is 4.20. The molecule has 0 spiro atoms. The van der Waals surface area contributed by atoms with Crippen molar-refractivity contribution in [2.24, 2.45) is 5.73 Å². The van der Waals surface area contributed by atoms with Gasteiger partial charge in [-0.2, -0.15) is 0 Å². The minimum atomic E-state index is -0.451. The van der Waals surface area contributed by atoms with Gasteiger partial charge in [0, 0.05) is 6.54 Å². The highest BCUT2D eigenvalue weighted by molar-refractivity contribution is 5.95. The number of rotatable bonds is 4. The van der Waals surface area contributed by atoms with Crippen LogP contribution in [0.25, 0.3) is 0 Å². The Hall–Kier alpha value is -2.27. The number of carbonyl (C=O) groups is 1. The number of hydrogen-bond donors (Lipinski definition) is 2. The Morgan fingerprint density at radius 3 is 2.58 bits per heavy atom. The van der Waals surface area contributed by atoms with Crippen LogP contribution >= 0.6 is 0 Å². The Balaban J connectivity index is 2.11. The van der Waals surface area contributed by atoms with Crippen LogP contribution in [-0.4, -0.2) is 17.4 Å². The lowest BCUT2D eigenvalue weighted by Crippen LogP contribution is -2.27. The normalized spacial score (nSPS) is 11.9. The van der Waals surface area contributed by atoms with Crippen LogP contribution in [0.5, 0.6) is 0 Å². The summed E-state index contributed by atoms with van der Waals surface area (Å²) in [6, 6.07) is 11.9. The van der Waals surface area contributed by atoms with Crippen molar-refractivity contribution in [3.05, 3.63) is 60.0 Å². The van der Waals surface area contributed by atoms with E-state index in [0.717, 1.165) is 11.8 Å². The first-order valence-electron chi connectivity index (χ1n) is 5.88. The number of amides is 1. The average molecular weight is 259 g/mol. The van der Waals surface area contributed by atoms with E-state index in [2.05, 4.69) is 10.3 Å². The molecule has 0 saturated heterocycles. The van der Waals surface area contributed by atoms with E-state index in [-0.39, 0.29) is 12.5 Å². The quantitative estimate of drug-likeness (QED) is 0.881. The van der Waals surface area contributed by atoms with E-state index in [1.54, 1.807) is 0 Å². The van der Waals surface area contributed by atoms with Gasteiger partial charge in [0.2, 0.25) is 5.91 Å². The maximum Gasteiger partial charge on any atom is 0.234 e. The number of aromatic nitrogens is 1. The second kappa shape index (κ2) is 6.06. The lowest BCUT2D eigenvalue weighted by Gasteiger charge is -2.14. The number of nitrogens with two attached hydrogens (primary N) is 1. The monoisotopic (exact) mass is 259 g/mol. The molecular formula is C14H14FN3O. The molecule has 1 unspecified atom stereocenters. The third kappa shape index (κ3) is 3.35. The van der Waals surface area contributed by atoms with Gasteiger partial charge in [-0.25, -0.2) is 9.37 Å². The van der Waals surface area contributed by atoms with Crippen LogP contribution in [-0.2, 0) is 4.79 Å². The average Bonchev–Trinajstić information content (AvgIpc) is 2.43. The highest BCUT2D eigenvalue weighted by Crippen LogP contribution is 2.16. The van der Waals surface area contributed by atoms with E-state index in [4.69, 9.17) is 5.73 Å². The van der Waals surface area contributed by atoms with Crippen molar-refractivity contribution in [1.29, 1.82) is 0 Å². The molecule has 19 heavy (non-hydrogen) atoms. The number of nitrogens with zero attached hydrogens (tertiary/aromatic N) is 1. The zero-order valence-electron chi connectivity index (χ0n) is 10.2. The van der Waals surface area contributed by atoms with E-state index in [0.29, 0.717) is 5.82 Å². The first-order valence-corrected chi connectivity index (χ1v) is 5.88. The van der Waals surface area contributed by atoms with Crippen molar-refractivity contribution in [3.63, 3.8) is 0 Å². The molecule has 1 aromatic carbocycles. The molecule has 0 aliphatic heterocycles. The third-order valence-corrected chi connectivity index (χ3v) is 2.73. The molecule has 1 heterocycles. The van der Waals surface area contributed by atoms with Crippen molar-refractivity contribution < 1.29 is 9.18 Å². The van der Waals surface area contributed by atoms with Gasteiger partial charge < -0.3 is 11.1 Å². The number of pyridine rings is 1. The molecule has 0 aliphatic carbocycles. The predicted octanol–water partition coefficient (Wildman–Crippen LogP) is 1.90. The number of nitrogens with one attached hydrogen (secondary N) is 1. The fourth-order valence-corrected chi connectivity index (χ4v) is 1.74. The van der Waals surface area contributed by atoms with Crippen molar-refractivity contribution in [3.8, 4) is 0 Å². The molecular weight excluding hydrogens is 245 g/mol. The molecule has 0 saturated carbocycles. The van der Waals surface area contributed by atoms with E-state index in [1.807, 2.05) is 30.3 Å². The molecule has 4 nitrogen and oxygen atoms in total. The predicted molar refractivity (Wildman–Crippen MR) is 71.1 cm³/mol. The number of anilines is 1. The van der Waals surface area contributed by atoms with Crippen molar-refractivity contribution >= 4 is 11.7 Å². The van der Waals surface area contributed by atoms with Gasteiger partial charge in [-0.1, -0.05) is 30.3 Å². The van der Waals surface area contributed by atoms with Gasteiger partial charge >= 0.3 is 0 Å². The molecule has 1 atom stereocenters. The Morgan fingerprint density at radius 2 is 2.00 bits per heavy atom. The van der Waals surface area contributed by atoms with Gasteiger partial charge in [0.15, 0.2) is 0 Å². The molecule has 1 amide bonds.